The van der Waals surface area contributed by atoms with Crippen molar-refractivity contribution >= 4 is 69.1 Å². The van der Waals surface area contributed by atoms with Crippen molar-refractivity contribution in [2.75, 3.05) is 36.8 Å². The third-order valence-corrected chi connectivity index (χ3v) is 9.72. The number of carbonyl (C=O) groups excluding carboxylic acids is 1. The number of aromatic amines is 1. The molecule has 5 rings (SSSR count). The predicted octanol–water partition coefficient (Wildman–Crippen LogP) is 2.58. The lowest BCUT2D eigenvalue weighted by atomic mass is 10.2. The summed E-state index contributed by atoms with van der Waals surface area (Å²) in [6.45, 7) is 0. The van der Waals surface area contributed by atoms with E-state index in [9.17, 15) is 21.6 Å². The highest BCUT2D eigenvalue weighted by molar-refractivity contribution is 9.10. The van der Waals surface area contributed by atoms with Gasteiger partial charge in [0.2, 0.25) is 5.78 Å². The SMILES string of the molecule is CN(C)/C=C1/C(=O)c2nc(Br)ccc2N(C)S1(=O)=O.CN1c2ccc(Br)nc2-c2[nH]ncc2S1(=O)=O. The molecule has 0 amide bonds. The molecule has 0 unspecified atom stereocenters. The van der Waals surface area contributed by atoms with Crippen LogP contribution in [0.1, 0.15) is 10.5 Å². The van der Waals surface area contributed by atoms with Crippen molar-refractivity contribution in [1.29, 1.82) is 0 Å². The molecule has 3 aromatic heterocycles. The van der Waals surface area contributed by atoms with Crippen molar-refractivity contribution in [2.45, 2.75) is 4.90 Å². The first kappa shape index (κ1) is 26.2. The van der Waals surface area contributed by atoms with E-state index in [0.717, 1.165) is 4.31 Å². The molecular formula is C20H19Br2N7O5S2. The lowest BCUT2D eigenvalue weighted by Gasteiger charge is -2.27. The number of anilines is 2. The molecule has 0 aromatic carbocycles. The summed E-state index contributed by atoms with van der Waals surface area (Å²) in [6, 6.07) is 6.55. The summed E-state index contributed by atoms with van der Waals surface area (Å²) in [4.78, 5) is 22.0. The number of hydrogen-bond acceptors (Lipinski definition) is 9. The van der Waals surface area contributed by atoms with E-state index in [1.54, 1.807) is 38.4 Å². The van der Waals surface area contributed by atoms with E-state index >= 15 is 0 Å². The second-order valence-corrected chi connectivity index (χ2v) is 13.3. The van der Waals surface area contributed by atoms with Crippen LogP contribution in [0.5, 0.6) is 0 Å². The third-order valence-electron chi connectivity index (χ3n) is 5.29. The van der Waals surface area contributed by atoms with Gasteiger partial charge in [0.05, 0.1) is 17.6 Å². The van der Waals surface area contributed by atoms with Crippen molar-refractivity contribution in [1.82, 2.24) is 25.1 Å². The smallest absolute Gasteiger partial charge is 0.269 e. The van der Waals surface area contributed by atoms with Crippen LogP contribution in [0.3, 0.4) is 0 Å². The van der Waals surface area contributed by atoms with Crippen LogP contribution in [-0.4, -0.2) is 75.9 Å². The number of nitrogens with one attached hydrogen (secondary N) is 1. The van der Waals surface area contributed by atoms with Gasteiger partial charge in [-0.3, -0.25) is 18.5 Å². The Morgan fingerprint density at radius 3 is 2.00 bits per heavy atom. The average molecular weight is 661 g/mol. The second kappa shape index (κ2) is 9.24. The zero-order valence-corrected chi connectivity index (χ0v) is 24.1. The normalized spacial score (nSPS) is 18.1. The number of sulfonamides is 2. The van der Waals surface area contributed by atoms with Crippen LogP contribution in [-0.2, 0) is 20.0 Å². The number of ketones is 1. The van der Waals surface area contributed by atoms with Gasteiger partial charge in [-0.2, -0.15) is 5.10 Å². The van der Waals surface area contributed by atoms with Gasteiger partial charge in [0.1, 0.15) is 31.2 Å². The van der Waals surface area contributed by atoms with Crippen molar-refractivity contribution in [3.63, 3.8) is 0 Å². The van der Waals surface area contributed by atoms with Crippen LogP contribution in [0, 0.1) is 0 Å². The van der Waals surface area contributed by atoms with E-state index in [4.69, 9.17) is 0 Å². The zero-order chi connectivity index (χ0) is 26.6. The summed E-state index contributed by atoms with van der Waals surface area (Å²) in [5.41, 5.74) is 1.94. The standard InChI is InChI=1S/C11H12BrN3O3S.C9H7BrN4O2S/c1-14(2)6-8-11(16)10-7(4-5-9(12)13-10)15(3)19(8,17)18;1-14-5-2-3-7(10)12-8(5)9-6(4-11-13-9)17(14,15)16/h4-6H,1-3H3;2-4H,1H3,(H,11,13)/b8-6-;. The van der Waals surface area contributed by atoms with Gasteiger partial charge in [0.25, 0.3) is 20.0 Å². The van der Waals surface area contributed by atoms with Crippen molar-refractivity contribution in [3.8, 4) is 11.4 Å². The number of carbonyl (C=O) groups is 1. The topological polar surface area (TPSA) is 150 Å². The summed E-state index contributed by atoms with van der Waals surface area (Å²) in [6.07, 6.45) is 2.59. The van der Waals surface area contributed by atoms with E-state index in [1.807, 2.05) is 0 Å². The summed E-state index contributed by atoms with van der Waals surface area (Å²) in [7, 11) is -1.14. The van der Waals surface area contributed by atoms with Crippen LogP contribution in [0.15, 0.2) is 55.7 Å². The molecule has 0 atom stereocenters. The number of Topliss-reactive ketones (excluding diaryl/α,β-unsaturated/α-hetero) is 1. The Hall–Kier alpha value is -2.82. The number of rotatable bonds is 1. The quantitative estimate of drug-likeness (QED) is 0.307. The summed E-state index contributed by atoms with van der Waals surface area (Å²) < 4.78 is 52.2. The molecule has 190 valence electrons. The highest BCUT2D eigenvalue weighted by Gasteiger charge is 2.39. The number of aromatic nitrogens is 4. The Morgan fingerprint density at radius 1 is 0.889 bits per heavy atom. The molecule has 1 N–H and O–H groups in total. The fraction of sp³-hybridized carbons (Fsp3) is 0.200. The molecule has 0 spiro atoms. The van der Waals surface area contributed by atoms with Gasteiger partial charge >= 0.3 is 0 Å². The molecular weight excluding hydrogens is 642 g/mol. The van der Waals surface area contributed by atoms with Crippen molar-refractivity contribution in [3.05, 3.63) is 56.5 Å². The molecule has 0 radical (unpaired) electrons. The van der Waals surface area contributed by atoms with Crippen LogP contribution in [0.2, 0.25) is 0 Å². The zero-order valence-electron chi connectivity index (χ0n) is 19.3. The predicted molar refractivity (Wildman–Crippen MR) is 140 cm³/mol. The molecule has 0 aliphatic carbocycles. The number of halogens is 2. The lowest BCUT2D eigenvalue weighted by Crippen LogP contribution is -2.37. The van der Waals surface area contributed by atoms with Gasteiger partial charge in [-0.15, -0.1) is 0 Å². The van der Waals surface area contributed by atoms with Crippen LogP contribution in [0.4, 0.5) is 11.4 Å². The van der Waals surface area contributed by atoms with E-state index in [-0.39, 0.29) is 21.2 Å². The van der Waals surface area contributed by atoms with Crippen molar-refractivity contribution in [2.24, 2.45) is 0 Å². The number of allylic oxidation sites excluding steroid dienone is 1. The van der Waals surface area contributed by atoms with E-state index in [1.165, 1.54) is 35.7 Å². The Morgan fingerprint density at radius 2 is 1.42 bits per heavy atom. The Bertz CT molecular complexity index is 1640. The first-order valence-corrected chi connectivity index (χ1v) is 14.5. The van der Waals surface area contributed by atoms with Gasteiger partial charge in [0, 0.05) is 34.4 Å². The fourth-order valence-corrected chi connectivity index (χ4v) is 6.79. The van der Waals surface area contributed by atoms with Crippen LogP contribution < -0.4 is 8.61 Å². The Kier molecular flexibility index (Phi) is 6.74. The van der Waals surface area contributed by atoms with Crippen LogP contribution in [0.25, 0.3) is 11.4 Å². The Labute approximate surface area is 224 Å². The molecule has 2 aliphatic heterocycles. The molecule has 0 saturated heterocycles. The van der Waals surface area contributed by atoms with E-state index < -0.39 is 25.8 Å². The van der Waals surface area contributed by atoms with Gasteiger partial charge < -0.3 is 4.90 Å². The monoisotopic (exact) mass is 659 g/mol. The van der Waals surface area contributed by atoms with Gasteiger partial charge in [-0.25, -0.2) is 26.8 Å². The summed E-state index contributed by atoms with van der Waals surface area (Å²) >= 11 is 6.44. The first-order chi connectivity index (χ1) is 16.8. The highest BCUT2D eigenvalue weighted by atomic mass is 79.9. The fourth-order valence-electron chi connectivity index (χ4n) is 3.50. The minimum absolute atomic E-state index is 0.125. The molecule has 0 bridgehead atoms. The summed E-state index contributed by atoms with van der Waals surface area (Å²) in [5.74, 6) is -0.594. The average Bonchev–Trinajstić information content (AvgIpc) is 3.31. The van der Waals surface area contributed by atoms with E-state index in [2.05, 4.69) is 52.0 Å². The second-order valence-electron chi connectivity index (χ2n) is 7.84. The number of H-pyrrole nitrogens is 1. The number of fused-ring (bicyclic) bond motifs is 4. The molecule has 12 nitrogen and oxygen atoms in total. The largest absolute Gasteiger partial charge is 0.382 e. The molecule has 3 aromatic rings. The third kappa shape index (κ3) is 4.31. The maximum Gasteiger partial charge on any atom is 0.269 e. The minimum Gasteiger partial charge on any atom is -0.382 e. The molecule has 0 saturated carbocycles. The molecule has 36 heavy (non-hydrogen) atoms. The summed E-state index contributed by atoms with van der Waals surface area (Å²) in [5, 5.41) is 6.45. The van der Waals surface area contributed by atoms with Crippen molar-refractivity contribution < 1.29 is 21.6 Å². The number of pyridine rings is 2. The number of nitrogens with zero attached hydrogens (tertiary/aromatic N) is 6. The highest BCUT2D eigenvalue weighted by Crippen LogP contribution is 2.40. The maximum absolute atomic E-state index is 12.3. The molecule has 0 fully saturated rings. The van der Waals surface area contributed by atoms with Crippen LogP contribution >= 0.6 is 31.9 Å². The van der Waals surface area contributed by atoms with Gasteiger partial charge in [-0.05, 0) is 56.1 Å². The lowest BCUT2D eigenvalue weighted by molar-refractivity contribution is 0.103. The molecule has 5 heterocycles. The maximum atomic E-state index is 12.3. The van der Waals surface area contributed by atoms with Gasteiger partial charge in [0.15, 0.2) is 4.91 Å². The van der Waals surface area contributed by atoms with E-state index in [0.29, 0.717) is 26.3 Å². The minimum atomic E-state index is -3.82. The Balaban J connectivity index is 0.000000170. The molecule has 2 aliphatic rings. The number of hydrogen-bond donors (Lipinski definition) is 1. The van der Waals surface area contributed by atoms with Gasteiger partial charge in [-0.1, -0.05) is 0 Å². The first-order valence-electron chi connectivity index (χ1n) is 10.0. The molecule has 16 heteroatoms.